The molecule has 0 aliphatic carbocycles. The molecule has 160 valence electrons. The van der Waals surface area contributed by atoms with Crippen molar-refractivity contribution in [1.29, 1.82) is 0 Å². The first-order valence-corrected chi connectivity index (χ1v) is 10.8. The number of amides is 1. The van der Waals surface area contributed by atoms with Crippen LogP contribution in [-0.4, -0.2) is 38.0 Å². The van der Waals surface area contributed by atoms with Gasteiger partial charge in [0.15, 0.2) is 5.82 Å². The second kappa shape index (κ2) is 8.27. The molecular formula is C23H20N6O2S. The number of aryl methyl sites for hydroxylation is 1. The molecule has 0 fully saturated rings. The zero-order chi connectivity index (χ0) is 22.1. The Bertz CT molecular complexity index is 1390. The number of aromatic amines is 1. The Morgan fingerprint density at radius 1 is 1.16 bits per heavy atom. The Balaban J connectivity index is 1.31. The molecule has 0 bridgehead atoms. The van der Waals surface area contributed by atoms with E-state index in [4.69, 9.17) is 4.74 Å². The van der Waals surface area contributed by atoms with Gasteiger partial charge < -0.3 is 10.1 Å². The zero-order valence-corrected chi connectivity index (χ0v) is 18.3. The van der Waals surface area contributed by atoms with Crippen LogP contribution in [0.4, 0.5) is 0 Å². The van der Waals surface area contributed by atoms with Crippen LogP contribution in [0.1, 0.15) is 21.2 Å². The van der Waals surface area contributed by atoms with Crippen LogP contribution in [0.5, 0.6) is 5.75 Å². The van der Waals surface area contributed by atoms with Crippen LogP contribution in [0.2, 0.25) is 0 Å². The lowest BCUT2D eigenvalue weighted by Crippen LogP contribution is -2.22. The number of thiophene rings is 1. The van der Waals surface area contributed by atoms with Gasteiger partial charge in [-0.3, -0.25) is 9.89 Å². The maximum Gasteiger partial charge on any atom is 0.261 e. The first-order chi connectivity index (χ1) is 15.6. The van der Waals surface area contributed by atoms with E-state index in [2.05, 4.69) is 25.6 Å². The third kappa shape index (κ3) is 3.74. The second-order valence-electron chi connectivity index (χ2n) is 7.18. The molecule has 3 heterocycles. The van der Waals surface area contributed by atoms with E-state index in [1.807, 2.05) is 72.3 Å². The van der Waals surface area contributed by atoms with Crippen molar-refractivity contribution in [2.24, 2.45) is 0 Å². The predicted octanol–water partition coefficient (Wildman–Crippen LogP) is 4.12. The number of hydrogen-bond donors (Lipinski definition) is 2. The molecule has 2 aromatic carbocycles. The smallest absolute Gasteiger partial charge is 0.261 e. The van der Waals surface area contributed by atoms with Gasteiger partial charge >= 0.3 is 0 Å². The minimum absolute atomic E-state index is 0.160. The number of ether oxygens (including phenoxy) is 1. The minimum Gasteiger partial charge on any atom is -0.497 e. The van der Waals surface area contributed by atoms with Crippen LogP contribution in [0.15, 0.2) is 60.7 Å². The number of methoxy groups -OCH3 is 1. The molecular weight excluding hydrogens is 424 g/mol. The third-order valence-electron chi connectivity index (χ3n) is 5.07. The lowest BCUT2D eigenvalue weighted by Gasteiger charge is -2.02. The van der Waals surface area contributed by atoms with Gasteiger partial charge in [0.25, 0.3) is 5.91 Å². The monoisotopic (exact) mass is 444 g/mol. The van der Waals surface area contributed by atoms with Crippen LogP contribution in [0, 0.1) is 6.92 Å². The van der Waals surface area contributed by atoms with E-state index in [-0.39, 0.29) is 12.5 Å². The van der Waals surface area contributed by atoms with Crippen LogP contribution < -0.4 is 10.1 Å². The molecule has 0 aliphatic rings. The Kier molecular flexibility index (Phi) is 5.16. The molecule has 0 saturated heterocycles. The maximum absolute atomic E-state index is 12.8. The summed E-state index contributed by atoms with van der Waals surface area (Å²) in [6.07, 6.45) is 0. The second-order valence-corrected chi connectivity index (χ2v) is 8.21. The fourth-order valence-electron chi connectivity index (χ4n) is 3.40. The van der Waals surface area contributed by atoms with Crippen molar-refractivity contribution < 1.29 is 9.53 Å². The summed E-state index contributed by atoms with van der Waals surface area (Å²) in [4.78, 5) is 18.8. The Morgan fingerprint density at radius 3 is 2.69 bits per heavy atom. The summed E-state index contributed by atoms with van der Waals surface area (Å²) < 4.78 is 7.05. The molecule has 3 aromatic heterocycles. The van der Waals surface area contributed by atoms with Crippen molar-refractivity contribution in [3.8, 4) is 22.8 Å². The first kappa shape index (κ1) is 20.0. The van der Waals surface area contributed by atoms with Gasteiger partial charge in [-0.25, -0.2) is 9.67 Å². The van der Waals surface area contributed by atoms with Gasteiger partial charge in [0.2, 0.25) is 0 Å². The van der Waals surface area contributed by atoms with Gasteiger partial charge in [-0.1, -0.05) is 18.2 Å². The molecule has 8 nitrogen and oxygen atoms in total. The molecule has 2 N–H and O–H groups in total. The molecule has 0 unspecified atom stereocenters. The number of carbonyl (C=O) groups is 1. The number of nitrogens with one attached hydrogen (secondary N) is 2. The highest BCUT2D eigenvalue weighted by Gasteiger charge is 2.17. The van der Waals surface area contributed by atoms with E-state index in [1.165, 1.54) is 11.3 Å². The molecule has 5 aromatic rings. The average Bonchev–Trinajstić information content (AvgIpc) is 3.55. The Labute approximate surface area is 187 Å². The summed E-state index contributed by atoms with van der Waals surface area (Å²) in [6, 6.07) is 19.3. The molecule has 0 atom stereocenters. The fourth-order valence-corrected chi connectivity index (χ4v) is 4.50. The van der Waals surface area contributed by atoms with Crippen LogP contribution >= 0.6 is 11.3 Å². The van der Waals surface area contributed by atoms with Crippen LogP contribution in [0.25, 0.3) is 27.3 Å². The van der Waals surface area contributed by atoms with E-state index in [9.17, 15) is 4.79 Å². The summed E-state index contributed by atoms with van der Waals surface area (Å²) in [5.41, 5.74) is 2.72. The van der Waals surface area contributed by atoms with E-state index in [0.717, 1.165) is 32.9 Å². The summed E-state index contributed by atoms with van der Waals surface area (Å²) in [7, 11) is 1.62. The summed E-state index contributed by atoms with van der Waals surface area (Å²) in [5.74, 6) is 1.76. The standard InChI is InChI=1S/C23H20N6O2S/c1-14-18-12-19(32-23(18)29(28-14)16-6-4-3-5-7-16)22(30)24-13-20-25-21(27-26-20)15-8-10-17(31-2)11-9-15/h3-12H,13H2,1-2H3,(H,24,30)(H,25,26,27). The van der Waals surface area contributed by atoms with Crippen molar-refractivity contribution in [3.05, 3.63) is 77.1 Å². The normalized spacial score (nSPS) is 11.1. The Hall–Kier alpha value is -3.98. The van der Waals surface area contributed by atoms with Crippen molar-refractivity contribution in [1.82, 2.24) is 30.3 Å². The van der Waals surface area contributed by atoms with Gasteiger partial charge in [-0.2, -0.15) is 10.2 Å². The highest BCUT2D eigenvalue weighted by atomic mass is 32.1. The lowest BCUT2D eigenvalue weighted by atomic mass is 10.2. The number of aromatic nitrogens is 5. The molecule has 1 amide bonds. The van der Waals surface area contributed by atoms with Gasteiger partial charge in [0, 0.05) is 10.9 Å². The number of para-hydroxylation sites is 1. The number of fused-ring (bicyclic) bond motifs is 1. The Morgan fingerprint density at radius 2 is 1.94 bits per heavy atom. The highest BCUT2D eigenvalue weighted by Crippen LogP contribution is 2.30. The largest absolute Gasteiger partial charge is 0.497 e. The quantitative estimate of drug-likeness (QED) is 0.411. The van der Waals surface area contributed by atoms with E-state index in [1.54, 1.807) is 7.11 Å². The molecule has 0 spiro atoms. The van der Waals surface area contributed by atoms with E-state index >= 15 is 0 Å². The van der Waals surface area contributed by atoms with Crippen molar-refractivity contribution in [3.63, 3.8) is 0 Å². The number of hydrogen-bond acceptors (Lipinski definition) is 6. The summed E-state index contributed by atoms with van der Waals surface area (Å²) >= 11 is 1.42. The number of carbonyl (C=O) groups excluding carboxylic acids is 1. The van der Waals surface area contributed by atoms with Gasteiger partial charge in [-0.15, -0.1) is 11.3 Å². The minimum atomic E-state index is -0.160. The zero-order valence-electron chi connectivity index (χ0n) is 17.5. The van der Waals surface area contributed by atoms with Crippen molar-refractivity contribution in [2.45, 2.75) is 13.5 Å². The number of benzene rings is 2. The van der Waals surface area contributed by atoms with Crippen LogP contribution in [-0.2, 0) is 6.54 Å². The lowest BCUT2D eigenvalue weighted by molar-refractivity contribution is 0.0954. The number of nitrogens with zero attached hydrogens (tertiary/aromatic N) is 4. The predicted molar refractivity (Wildman–Crippen MR) is 123 cm³/mol. The molecule has 0 aliphatic heterocycles. The maximum atomic E-state index is 12.8. The summed E-state index contributed by atoms with van der Waals surface area (Å²) in [5, 5.41) is 15.6. The molecule has 0 radical (unpaired) electrons. The molecule has 0 saturated carbocycles. The van der Waals surface area contributed by atoms with E-state index in [0.29, 0.717) is 16.5 Å². The third-order valence-corrected chi connectivity index (χ3v) is 6.17. The average molecular weight is 445 g/mol. The van der Waals surface area contributed by atoms with Gasteiger partial charge in [-0.05, 0) is 49.4 Å². The molecule has 5 rings (SSSR count). The van der Waals surface area contributed by atoms with Crippen molar-refractivity contribution in [2.75, 3.05) is 7.11 Å². The van der Waals surface area contributed by atoms with E-state index < -0.39 is 0 Å². The van der Waals surface area contributed by atoms with Crippen molar-refractivity contribution >= 4 is 27.5 Å². The fraction of sp³-hybridized carbons (Fsp3) is 0.130. The number of rotatable bonds is 6. The highest BCUT2D eigenvalue weighted by molar-refractivity contribution is 7.20. The molecule has 9 heteroatoms. The topological polar surface area (TPSA) is 97.7 Å². The number of H-pyrrole nitrogens is 1. The van der Waals surface area contributed by atoms with Gasteiger partial charge in [0.1, 0.15) is 16.4 Å². The van der Waals surface area contributed by atoms with Crippen LogP contribution in [0.3, 0.4) is 0 Å². The van der Waals surface area contributed by atoms with Gasteiger partial charge in [0.05, 0.1) is 29.9 Å². The molecule has 32 heavy (non-hydrogen) atoms. The first-order valence-electron chi connectivity index (χ1n) is 10.0. The summed E-state index contributed by atoms with van der Waals surface area (Å²) in [6.45, 7) is 2.20. The SMILES string of the molecule is COc1ccc(-c2n[nH]c(CNC(=O)c3cc4c(C)nn(-c5ccccc5)c4s3)n2)cc1.